The summed E-state index contributed by atoms with van der Waals surface area (Å²) in [5, 5.41) is 12.6. The number of nitrogens with zero attached hydrogens (tertiary/aromatic N) is 2. The molecule has 1 aromatic carbocycles. The van der Waals surface area contributed by atoms with E-state index in [0.29, 0.717) is 5.92 Å². The molecule has 0 amide bonds. The zero-order valence-corrected chi connectivity index (χ0v) is 13.2. The monoisotopic (exact) mass is 273 g/mol. The van der Waals surface area contributed by atoms with Gasteiger partial charge in [-0.2, -0.15) is 5.26 Å². The Hall–Kier alpha value is -1.37. The molecule has 3 heteroatoms. The highest BCUT2D eigenvalue weighted by Crippen LogP contribution is 2.15. The number of benzene rings is 1. The summed E-state index contributed by atoms with van der Waals surface area (Å²) in [6.45, 7) is 12.6. The van der Waals surface area contributed by atoms with Crippen molar-refractivity contribution in [1.82, 2.24) is 10.2 Å². The Morgan fingerprint density at radius 2 is 1.75 bits per heavy atom. The third kappa shape index (κ3) is 5.32. The average molecular weight is 273 g/mol. The standard InChI is InChI=1S/C17H27N3/c1-5-20(6-2)13-15-7-9-16(10-8-15)17(11-18)19-12-14(3)4/h7-10,14,17,19H,5-6,12-13H2,1-4H3. The third-order valence-corrected chi connectivity index (χ3v) is 3.47. The largest absolute Gasteiger partial charge is 0.300 e. The van der Waals surface area contributed by atoms with Gasteiger partial charge in [0.25, 0.3) is 0 Å². The lowest BCUT2D eigenvalue weighted by Gasteiger charge is -2.19. The van der Waals surface area contributed by atoms with Crippen LogP contribution in [0.15, 0.2) is 24.3 Å². The van der Waals surface area contributed by atoms with E-state index in [4.69, 9.17) is 0 Å². The van der Waals surface area contributed by atoms with E-state index in [0.717, 1.165) is 31.7 Å². The van der Waals surface area contributed by atoms with Crippen molar-refractivity contribution >= 4 is 0 Å². The first-order valence-electron chi connectivity index (χ1n) is 7.54. The van der Waals surface area contributed by atoms with E-state index in [2.05, 4.69) is 68.2 Å². The number of hydrogen-bond acceptors (Lipinski definition) is 3. The Bertz CT molecular complexity index is 413. The van der Waals surface area contributed by atoms with Gasteiger partial charge in [-0.15, -0.1) is 0 Å². The van der Waals surface area contributed by atoms with Crippen LogP contribution in [0.1, 0.15) is 44.9 Å². The molecule has 0 aromatic heterocycles. The zero-order valence-electron chi connectivity index (χ0n) is 13.2. The molecular formula is C17H27N3. The van der Waals surface area contributed by atoms with Gasteiger partial charge in [0.15, 0.2) is 0 Å². The zero-order chi connectivity index (χ0) is 15.0. The maximum atomic E-state index is 9.26. The van der Waals surface area contributed by atoms with E-state index < -0.39 is 0 Å². The maximum absolute atomic E-state index is 9.26. The Morgan fingerprint density at radius 3 is 2.20 bits per heavy atom. The third-order valence-electron chi connectivity index (χ3n) is 3.47. The molecule has 110 valence electrons. The molecule has 0 heterocycles. The van der Waals surface area contributed by atoms with Gasteiger partial charge in [0.1, 0.15) is 6.04 Å². The van der Waals surface area contributed by atoms with Crippen molar-refractivity contribution in [3.05, 3.63) is 35.4 Å². The van der Waals surface area contributed by atoms with E-state index in [9.17, 15) is 5.26 Å². The Balaban J connectivity index is 2.67. The average Bonchev–Trinajstić information content (AvgIpc) is 2.46. The fourth-order valence-electron chi connectivity index (χ4n) is 2.11. The van der Waals surface area contributed by atoms with Gasteiger partial charge in [0.05, 0.1) is 6.07 Å². The fourth-order valence-corrected chi connectivity index (χ4v) is 2.11. The Labute approximate surface area is 123 Å². The minimum atomic E-state index is -0.208. The van der Waals surface area contributed by atoms with Crippen LogP contribution in [0.25, 0.3) is 0 Å². The molecule has 0 fully saturated rings. The van der Waals surface area contributed by atoms with Gasteiger partial charge < -0.3 is 0 Å². The summed E-state index contributed by atoms with van der Waals surface area (Å²) in [6.07, 6.45) is 0. The van der Waals surface area contributed by atoms with Gasteiger partial charge in [-0.25, -0.2) is 0 Å². The normalized spacial score (nSPS) is 12.7. The quantitative estimate of drug-likeness (QED) is 0.789. The number of nitriles is 1. The lowest BCUT2D eigenvalue weighted by Crippen LogP contribution is -2.24. The summed E-state index contributed by atoms with van der Waals surface area (Å²) in [5.41, 5.74) is 2.36. The van der Waals surface area contributed by atoms with Crippen molar-refractivity contribution in [2.75, 3.05) is 19.6 Å². The van der Waals surface area contributed by atoms with Crippen LogP contribution >= 0.6 is 0 Å². The van der Waals surface area contributed by atoms with Crippen LogP contribution in [0, 0.1) is 17.2 Å². The molecule has 0 saturated carbocycles. The predicted octanol–water partition coefficient (Wildman–Crippen LogP) is 3.34. The predicted molar refractivity (Wildman–Crippen MR) is 84.3 cm³/mol. The molecule has 0 aliphatic carbocycles. The molecule has 0 spiro atoms. The Morgan fingerprint density at radius 1 is 1.15 bits per heavy atom. The molecular weight excluding hydrogens is 246 g/mol. The topological polar surface area (TPSA) is 39.1 Å². The summed E-state index contributed by atoms with van der Waals surface area (Å²) < 4.78 is 0. The maximum Gasteiger partial charge on any atom is 0.121 e. The SMILES string of the molecule is CCN(CC)Cc1ccc(C(C#N)NCC(C)C)cc1. The van der Waals surface area contributed by atoms with Gasteiger partial charge in [-0.05, 0) is 36.7 Å². The highest BCUT2D eigenvalue weighted by Gasteiger charge is 2.10. The van der Waals surface area contributed by atoms with E-state index in [-0.39, 0.29) is 6.04 Å². The summed E-state index contributed by atoms with van der Waals surface area (Å²) >= 11 is 0. The van der Waals surface area contributed by atoms with E-state index in [1.54, 1.807) is 0 Å². The first-order chi connectivity index (χ1) is 9.60. The van der Waals surface area contributed by atoms with Crippen molar-refractivity contribution in [2.24, 2.45) is 5.92 Å². The highest BCUT2D eigenvalue weighted by atomic mass is 15.1. The molecule has 20 heavy (non-hydrogen) atoms. The van der Waals surface area contributed by atoms with Crippen LogP contribution in [0.4, 0.5) is 0 Å². The van der Waals surface area contributed by atoms with Crippen LogP contribution in [0.2, 0.25) is 0 Å². The molecule has 1 rings (SSSR count). The summed E-state index contributed by atoms with van der Waals surface area (Å²) in [6, 6.07) is 10.5. The van der Waals surface area contributed by atoms with Gasteiger partial charge in [0.2, 0.25) is 0 Å². The molecule has 0 aliphatic heterocycles. The van der Waals surface area contributed by atoms with Gasteiger partial charge >= 0.3 is 0 Å². The molecule has 1 N–H and O–H groups in total. The fraction of sp³-hybridized carbons (Fsp3) is 0.588. The van der Waals surface area contributed by atoms with Crippen LogP contribution in [0.5, 0.6) is 0 Å². The van der Waals surface area contributed by atoms with E-state index in [1.165, 1.54) is 5.56 Å². The minimum Gasteiger partial charge on any atom is -0.300 e. The minimum absolute atomic E-state index is 0.208. The van der Waals surface area contributed by atoms with E-state index >= 15 is 0 Å². The molecule has 0 bridgehead atoms. The van der Waals surface area contributed by atoms with Crippen molar-refractivity contribution in [3.8, 4) is 6.07 Å². The molecule has 0 radical (unpaired) electrons. The number of rotatable bonds is 8. The van der Waals surface area contributed by atoms with Gasteiger partial charge in [-0.1, -0.05) is 52.0 Å². The van der Waals surface area contributed by atoms with Crippen molar-refractivity contribution in [3.63, 3.8) is 0 Å². The second-order valence-corrected chi connectivity index (χ2v) is 5.57. The molecule has 1 aromatic rings. The summed E-state index contributed by atoms with van der Waals surface area (Å²) in [4.78, 5) is 2.38. The highest BCUT2D eigenvalue weighted by molar-refractivity contribution is 5.28. The second-order valence-electron chi connectivity index (χ2n) is 5.57. The lowest BCUT2D eigenvalue weighted by molar-refractivity contribution is 0.296. The smallest absolute Gasteiger partial charge is 0.121 e. The van der Waals surface area contributed by atoms with Gasteiger partial charge in [0, 0.05) is 6.54 Å². The Kier molecular flexibility index (Phi) is 7.28. The van der Waals surface area contributed by atoms with Crippen LogP contribution < -0.4 is 5.32 Å². The first kappa shape index (κ1) is 16.7. The molecule has 1 unspecified atom stereocenters. The molecule has 0 aliphatic rings. The first-order valence-corrected chi connectivity index (χ1v) is 7.54. The van der Waals surface area contributed by atoms with Crippen molar-refractivity contribution < 1.29 is 0 Å². The van der Waals surface area contributed by atoms with Crippen LogP contribution in [-0.2, 0) is 6.54 Å². The summed E-state index contributed by atoms with van der Waals surface area (Å²) in [5.74, 6) is 0.549. The number of nitrogens with one attached hydrogen (secondary N) is 1. The number of hydrogen-bond donors (Lipinski definition) is 1. The van der Waals surface area contributed by atoms with Crippen LogP contribution in [0.3, 0.4) is 0 Å². The molecule has 0 saturated heterocycles. The van der Waals surface area contributed by atoms with Gasteiger partial charge in [-0.3, -0.25) is 10.2 Å². The molecule has 1 atom stereocenters. The molecule has 3 nitrogen and oxygen atoms in total. The van der Waals surface area contributed by atoms with Crippen LogP contribution in [-0.4, -0.2) is 24.5 Å². The van der Waals surface area contributed by atoms with Crippen molar-refractivity contribution in [1.29, 1.82) is 5.26 Å². The van der Waals surface area contributed by atoms with Crippen molar-refractivity contribution in [2.45, 2.75) is 40.3 Å². The summed E-state index contributed by atoms with van der Waals surface area (Å²) in [7, 11) is 0. The lowest BCUT2D eigenvalue weighted by atomic mass is 10.0. The van der Waals surface area contributed by atoms with E-state index in [1.807, 2.05) is 0 Å². The second kappa shape index (κ2) is 8.73.